The molecule has 0 atom stereocenters. The Balaban J connectivity index is 2.01. The Hall–Kier alpha value is -0.610. The van der Waals surface area contributed by atoms with Gasteiger partial charge in [0.1, 0.15) is 0 Å². The molecule has 0 aliphatic carbocycles. The van der Waals surface area contributed by atoms with E-state index >= 15 is 0 Å². The molecule has 0 saturated carbocycles. The van der Waals surface area contributed by atoms with E-state index in [-0.39, 0.29) is 0 Å². The van der Waals surface area contributed by atoms with Crippen molar-refractivity contribution in [1.82, 2.24) is 4.90 Å². The fourth-order valence-electron chi connectivity index (χ4n) is 1.67. The first-order valence-electron chi connectivity index (χ1n) is 5.42. The number of hydrogen-bond donors (Lipinski definition) is 2. The number of nitrogens with one attached hydrogen (secondary N) is 1. The van der Waals surface area contributed by atoms with Gasteiger partial charge in [0.05, 0.1) is 12.4 Å². The predicted octanol–water partition coefficient (Wildman–Crippen LogP) is 0.815. The zero-order valence-electron chi connectivity index (χ0n) is 8.80. The van der Waals surface area contributed by atoms with Gasteiger partial charge in [-0.2, -0.15) is 0 Å². The minimum Gasteiger partial charge on any atom is -0.388 e. The third kappa shape index (κ3) is 5.19. The van der Waals surface area contributed by atoms with Crippen LogP contribution in [0.15, 0.2) is 0 Å². The molecule has 0 unspecified atom stereocenters. The fourth-order valence-corrected chi connectivity index (χ4v) is 1.67. The third-order valence-electron chi connectivity index (χ3n) is 2.49. The van der Waals surface area contributed by atoms with Crippen molar-refractivity contribution in [2.24, 2.45) is 5.73 Å². The van der Waals surface area contributed by atoms with E-state index in [0.717, 1.165) is 58.5 Å². The van der Waals surface area contributed by atoms with Gasteiger partial charge in [0.2, 0.25) is 0 Å². The molecule has 0 amide bonds. The maximum absolute atomic E-state index is 7.10. The summed E-state index contributed by atoms with van der Waals surface area (Å²) in [6, 6.07) is 0. The molecule has 0 aromatic carbocycles. The summed E-state index contributed by atoms with van der Waals surface area (Å²) in [5.74, 6) is 0.309. The summed E-state index contributed by atoms with van der Waals surface area (Å²) in [7, 11) is 0. The van der Waals surface area contributed by atoms with Gasteiger partial charge in [-0.05, 0) is 25.8 Å². The van der Waals surface area contributed by atoms with Crippen molar-refractivity contribution in [3.8, 4) is 0 Å². The third-order valence-corrected chi connectivity index (χ3v) is 2.49. The van der Waals surface area contributed by atoms with E-state index in [1.165, 1.54) is 0 Å². The average molecular weight is 199 g/mol. The smallest absolute Gasteiger partial charge is 0.0905 e. The van der Waals surface area contributed by atoms with Gasteiger partial charge in [-0.25, -0.2) is 0 Å². The number of unbranched alkanes of at least 4 members (excludes halogenated alkanes) is 1. The minimum atomic E-state index is 0.309. The molecule has 4 nitrogen and oxygen atoms in total. The van der Waals surface area contributed by atoms with Crippen LogP contribution < -0.4 is 5.73 Å². The largest absolute Gasteiger partial charge is 0.388 e. The second-order valence-electron chi connectivity index (χ2n) is 3.79. The Morgan fingerprint density at radius 1 is 1.29 bits per heavy atom. The summed E-state index contributed by atoms with van der Waals surface area (Å²) < 4.78 is 5.37. The van der Waals surface area contributed by atoms with Gasteiger partial charge in [0.15, 0.2) is 0 Å². The molecule has 1 fully saturated rings. The van der Waals surface area contributed by atoms with Gasteiger partial charge in [-0.3, -0.25) is 5.41 Å². The summed E-state index contributed by atoms with van der Waals surface area (Å²) in [6.07, 6.45) is 4.06. The SMILES string of the molecule is N=C(N)CCCCN1CCCOCC1. The van der Waals surface area contributed by atoms with Gasteiger partial charge in [-0.1, -0.05) is 0 Å². The van der Waals surface area contributed by atoms with Crippen LogP contribution in [0.1, 0.15) is 25.7 Å². The topological polar surface area (TPSA) is 62.3 Å². The molecule has 4 heteroatoms. The standard InChI is InChI=1S/C10H21N3O/c11-10(12)4-1-2-5-13-6-3-8-14-9-7-13/h1-9H2,(H3,11,12). The first-order chi connectivity index (χ1) is 6.79. The quantitative estimate of drug-likeness (QED) is 0.391. The van der Waals surface area contributed by atoms with Gasteiger partial charge in [0.25, 0.3) is 0 Å². The van der Waals surface area contributed by atoms with Gasteiger partial charge in [-0.15, -0.1) is 0 Å². The molecule has 0 aromatic heterocycles. The summed E-state index contributed by atoms with van der Waals surface area (Å²) in [5, 5.41) is 7.10. The highest BCUT2D eigenvalue weighted by atomic mass is 16.5. The second-order valence-corrected chi connectivity index (χ2v) is 3.79. The molecule has 0 radical (unpaired) electrons. The van der Waals surface area contributed by atoms with E-state index in [1.807, 2.05) is 0 Å². The summed E-state index contributed by atoms with van der Waals surface area (Å²) in [5.41, 5.74) is 5.29. The maximum Gasteiger partial charge on any atom is 0.0905 e. The molecule has 1 aliphatic heterocycles. The molecular formula is C10H21N3O. The van der Waals surface area contributed by atoms with E-state index in [4.69, 9.17) is 15.9 Å². The molecule has 3 N–H and O–H groups in total. The lowest BCUT2D eigenvalue weighted by atomic mass is 10.2. The Morgan fingerprint density at radius 2 is 2.14 bits per heavy atom. The molecule has 1 saturated heterocycles. The van der Waals surface area contributed by atoms with E-state index < -0.39 is 0 Å². The molecule has 1 aliphatic rings. The number of rotatable bonds is 5. The maximum atomic E-state index is 7.10. The normalized spacial score (nSPS) is 19.1. The highest BCUT2D eigenvalue weighted by Crippen LogP contribution is 2.02. The Morgan fingerprint density at radius 3 is 2.93 bits per heavy atom. The molecule has 82 valence electrons. The summed E-state index contributed by atoms with van der Waals surface area (Å²) in [6.45, 7) is 5.10. The molecule has 0 bridgehead atoms. The van der Waals surface area contributed by atoms with Crippen molar-refractivity contribution in [1.29, 1.82) is 5.41 Å². The lowest BCUT2D eigenvalue weighted by Gasteiger charge is -2.18. The van der Waals surface area contributed by atoms with E-state index in [9.17, 15) is 0 Å². The van der Waals surface area contributed by atoms with Crippen LogP contribution in [0.25, 0.3) is 0 Å². The number of amidine groups is 1. The van der Waals surface area contributed by atoms with Crippen LogP contribution in [0.2, 0.25) is 0 Å². The fraction of sp³-hybridized carbons (Fsp3) is 0.900. The average Bonchev–Trinajstić information content (AvgIpc) is 2.40. The van der Waals surface area contributed by atoms with Crippen molar-refractivity contribution in [2.45, 2.75) is 25.7 Å². The van der Waals surface area contributed by atoms with E-state index in [1.54, 1.807) is 0 Å². The van der Waals surface area contributed by atoms with Crippen LogP contribution in [0.5, 0.6) is 0 Å². The van der Waals surface area contributed by atoms with Gasteiger partial charge in [0, 0.05) is 26.1 Å². The summed E-state index contributed by atoms with van der Waals surface area (Å²) in [4.78, 5) is 2.44. The predicted molar refractivity (Wildman–Crippen MR) is 57.6 cm³/mol. The van der Waals surface area contributed by atoms with Crippen LogP contribution in [0, 0.1) is 5.41 Å². The highest BCUT2D eigenvalue weighted by Gasteiger charge is 2.07. The first kappa shape index (κ1) is 11.5. The van der Waals surface area contributed by atoms with Crippen LogP contribution in [-0.2, 0) is 4.74 Å². The van der Waals surface area contributed by atoms with Crippen molar-refractivity contribution in [3.05, 3.63) is 0 Å². The molecule has 0 aromatic rings. The minimum absolute atomic E-state index is 0.309. The van der Waals surface area contributed by atoms with E-state index in [2.05, 4.69) is 4.90 Å². The first-order valence-corrected chi connectivity index (χ1v) is 5.42. The van der Waals surface area contributed by atoms with Crippen molar-refractivity contribution in [3.63, 3.8) is 0 Å². The lowest BCUT2D eigenvalue weighted by molar-refractivity contribution is 0.141. The molecule has 0 spiro atoms. The zero-order valence-corrected chi connectivity index (χ0v) is 8.80. The lowest BCUT2D eigenvalue weighted by Crippen LogP contribution is -2.27. The molecule has 14 heavy (non-hydrogen) atoms. The van der Waals surface area contributed by atoms with Gasteiger partial charge >= 0.3 is 0 Å². The van der Waals surface area contributed by atoms with Crippen LogP contribution >= 0.6 is 0 Å². The monoisotopic (exact) mass is 199 g/mol. The number of ether oxygens (including phenoxy) is 1. The van der Waals surface area contributed by atoms with Crippen LogP contribution in [0.3, 0.4) is 0 Å². The summed E-state index contributed by atoms with van der Waals surface area (Å²) >= 11 is 0. The zero-order chi connectivity index (χ0) is 10.2. The molecule has 1 heterocycles. The molecular weight excluding hydrogens is 178 g/mol. The second kappa shape index (κ2) is 6.79. The Kier molecular flexibility index (Phi) is 5.56. The van der Waals surface area contributed by atoms with Crippen LogP contribution in [0.4, 0.5) is 0 Å². The van der Waals surface area contributed by atoms with E-state index in [0.29, 0.717) is 5.84 Å². The van der Waals surface area contributed by atoms with Crippen molar-refractivity contribution >= 4 is 5.84 Å². The number of nitrogens with zero attached hydrogens (tertiary/aromatic N) is 1. The van der Waals surface area contributed by atoms with Crippen LogP contribution in [-0.4, -0.2) is 43.6 Å². The Bertz CT molecular complexity index is 165. The Labute approximate surface area is 85.9 Å². The van der Waals surface area contributed by atoms with Gasteiger partial charge < -0.3 is 15.4 Å². The molecule has 1 rings (SSSR count). The number of hydrogen-bond acceptors (Lipinski definition) is 3. The van der Waals surface area contributed by atoms with Crippen molar-refractivity contribution < 1.29 is 4.74 Å². The van der Waals surface area contributed by atoms with Crippen molar-refractivity contribution in [2.75, 3.05) is 32.8 Å². The number of nitrogens with two attached hydrogens (primary N) is 1. The highest BCUT2D eigenvalue weighted by molar-refractivity contribution is 5.76.